The van der Waals surface area contributed by atoms with E-state index in [0.717, 1.165) is 4.88 Å². The van der Waals surface area contributed by atoms with E-state index < -0.39 is 17.8 Å². The third-order valence-corrected chi connectivity index (χ3v) is 6.99. The molecule has 7 nitrogen and oxygen atoms in total. The molecule has 168 valence electrons. The van der Waals surface area contributed by atoms with Gasteiger partial charge in [0.25, 0.3) is 0 Å². The lowest BCUT2D eigenvalue weighted by Crippen LogP contribution is -2.44. The van der Waals surface area contributed by atoms with Crippen LogP contribution >= 0.6 is 11.3 Å². The van der Waals surface area contributed by atoms with Crippen LogP contribution in [0.15, 0.2) is 47.0 Å². The Morgan fingerprint density at radius 2 is 1.97 bits per heavy atom. The Balaban J connectivity index is 1.85. The van der Waals surface area contributed by atoms with Crippen molar-refractivity contribution in [2.45, 2.75) is 31.6 Å². The quantitative estimate of drug-likeness (QED) is 0.529. The molecule has 1 aliphatic carbocycles. The maximum absolute atomic E-state index is 13.8. The Hall–Kier alpha value is -3.13. The highest BCUT2D eigenvalue weighted by atomic mass is 32.1. The normalized spacial score (nSPS) is 22.8. The van der Waals surface area contributed by atoms with Crippen LogP contribution in [0.5, 0.6) is 11.5 Å². The summed E-state index contributed by atoms with van der Waals surface area (Å²) < 4.78 is 16.2. The van der Waals surface area contributed by atoms with Crippen LogP contribution in [0.3, 0.4) is 0 Å². The van der Waals surface area contributed by atoms with Gasteiger partial charge in [0, 0.05) is 40.0 Å². The van der Waals surface area contributed by atoms with Crippen molar-refractivity contribution < 1.29 is 28.6 Å². The summed E-state index contributed by atoms with van der Waals surface area (Å²) in [6.45, 7) is 1.91. The zero-order chi connectivity index (χ0) is 22.8. The molecule has 1 aromatic carbocycles. The Kier molecular flexibility index (Phi) is 6.32. The first kappa shape index (κ1) is 22.1. The SMILES string of the molecule is CCOC(=O)[C@H]1C(=O)C2=C(C[C@@H]1c1cccs1)NC(=O)C[C@@H]2c1cc(OC)ccc1OC. The van der Waals surface area contributed by atoms with E-state index in [1.165, 1.54) is 11.3 Å². The van der Waals surface area contributed by atoms with Gasteiger partial charge in [-0.2, -0.15) is 0 Å². The fraction of sp³-hybridized carbons (Fsp3) is 0.375. The second-order valence-corrected chi connectivity index (χ2v) is 8.70. The third-order valence-electron chi connectivity index (χ3n) is 5.99. The smallest absolute Gasteiger partial charge is 0.317 e. The van der Waals surface area contributed by atoms with E-state index in [1.54, 1.807) is 39.3 Å². The number of hydrogen-bond donors (Lipinski definition) is 1. The summed E-state index contributed by atoms with van der Waals surface area (Å²) in [5.74, 6) is -1.75. The van der Waals surface area contributed by atoms with Crippen molar-refractivity contribution in [2.24, 2.45) is 5.92 Å². The maximum Gasteiger partial charge on any atom is 0.317 e. The van der Waals surface area contributed by atoms with Crippen molar-refractivity contribution in [3.8, 4) is 11.5 Å². The zero-order valence-electron chi connectivity index (χ0n) is 18.2. The topological polar surface area (TPSA) is 90.9 Å². The number of amides is 1. The number of allylic oxidation sites excluding steroid dienone is 2. The molecular weight excluding hydrogens is 430 g/mol. The molecule has 1 amide bonds. The molecule has 4 rings (SSSR count). The minimum absolute atomic E-state index is 0.0767. The fourth-order valence-electron chi connectivity index (χ4n) is 4.60. The van der Waals surface area contributed by atoms with Crippen molar-refractivity contribution in [3.05, 3.63) is 57.4 Å². The van der Waals surface area contributed by atoms with Crippen molar-refractivity contribution >= 4 is 29.0 Å². The minimum Gasteiger partial charge on any atom is -0.497 e. The first-order valence-electron chi connectivity index (χ1n) is 10.5. The maximum atomic E-state index is 13.8. The zero-order valence-corrected chi connectivity index (χ0v) is 19.0. The number of hydrogen-bond acceptors (Lipinski definition) is 7. The first-order valence-corrected chi connectivity index (χ1v) is 11.4. The number of carbonyl (C=O) groups excluding carboxylic acids is 3. The summed E-state index contributed by atoms with van der Waals surface area (Å²) in [6, 6.07) is 9.10. The predicted molar refractivity (Wildman–Crippen MR) is 119 cm³/mol. The van der Waals surface area contributed by atoms with Crippen LogP contribution in [0, 0.1) is 5.92 Å². The summed E-state index contributed by atoms with van der Waals surface area (Å²) in [6.07, 6.45) is 0.451. The van der Waals surface area contributed by atoms with Crippen molar-refractivity contribution in [1.29, 1.82) is 0 Å². The van der Waals surface area contributed by atoms with Crippen LogP contribution < -0.4 is 14.8 Å². The summed E-state index contributed by atoms with van der Waals surface area (Å²) in [7, 11) is 3.10. The highest BCUT2D eigenvalue weighted by Crippen LogP contribution is 2.48. The van der Waals surface area contributed by atoms with Gasteiger partial charge in [0.2, 0.25) is 5.91 Å². The molecule has 0 bridgehead atoms. The van der Waals surface area contributed by atoms with Gasteiger partial charge in [0.05, 0.1) is 20.8 Å². The molecule has 2 heterocycles. The number of esters is 1. The fourth-order valence-corrected chi connectivity index (χ4v) is 5.47. The number of benzene rings is 1. The Bertz CT molecular complexity index is 1070. The number of Topliss-reactive ketones (excluding diaryl/α,β-unsaturated/α-hetero) is 1. The Morgan fingerprint density at radius 1 is 1.16 bits per heavy atom. The van der Waals surface area contributed by atoms with E-state index in [4.69, 9.17) is 14.2 Å². The Labute approximate surface area is 190 Å². The molecule has 0 radical (unpaired) electrons. The number of ether oxygens (including phenoxy) is 3. The number of methoxy groups -OCH3 is 2. The standard InChI is InChI=1S/C24H25NO6S/c1-4-31-24(28)22-16(19-6-5-9-32-19)11-17-21(23(22)27)15(12-20(26)25-17)14-10-13(29-2)7-8-18(14)30-3/h5-10,15-16,22H,4,11-12H2,1-3H3,(H,25,26)/t15-,16-,22-/m1/s1. The van der Waals surface area contributed by atoms with Crippen molar-refractivity contribution in [2.75, 3.05) is 20.8 Å². The number of nitrogens with one attached hydrogen (secondary N) is 1. The first-order chi connectivity index (χ1) is 15.5. The highest BCUT2D eigenvalue weighted by Gasteiger charge is 2.48. The average Bonchev–Trinajstić information content (AvgIpc) is 3.32. The number of rotatable bonds is 6. The van der Waals surface area contributed by atoms with Crippen LogP contribution in [0.4, 0.5) is 0 Å². The van der Waals surface area contributed by atoms with Gasteiger partial charge in [-0.25, -0.2) is 0 Å². The van der Waals surface area contributed by atoms with Crippen LogP contribution in [0.2, 0.25) is 0 Å². The largest absolute Gasteiger partial charge is 0.497 e. The average molecular weight is 456 g/mol. The van der Waals surface area contributed by atoms with E-state index in [9.17, 15) is 14.4 Å². The molecule has 0 saturated carbocycles. The molecule has 3 atom stereocenters. The number of thiophene rings is 1. The van der Waals surface area contributed by atoms with Gasteiger partial charge >= 0.3 is 5.97 Å². The van der Waals surface area contributed by atoms with Crippen LogP contribution in [-0.4, -0.2) is 38.5 Å². The molecule has 0 fully saturated rings. The highest BCUT2D eigenvalue weighted by molar-refractivity contribution is 7.10. The van der Waals surface area contributed by atoms with E-state index in [-0.39, 0.29) is 30.6 Å². The molecule has 1 N–H and O–H groups in total. The number of carbonyl (C=O) groups is 3. The van der Waals surface area contributed by atoms with Gasteiger partial charge in [0.15, 0.2) is 5.78 Å². The predicted octanol–water partition coefficient (Wildman–Crippen LogP) is 3.56. The number of ketones is 1. The monoisotopic (exact) mass is 455 g/mol. The molecule has 1 aliphatic heterocycles. The molecule has 8 heteroatoms. The molecule has 2 aliphatic rings. The molecule has 32 heavy (non-hydrogen) atoms. The van der Waals surface area contributed by atoms with Gasteiger partial charge in [-0.1, -0.05) is 6.07 Å². The van der Waals surface area contributed by atoms with E-state index in [0.29, 0.717) is 34.8 Å². The van der Waals surface area contributed by atoms with E-state index in [1.807, 2.05) is 17.5 Å². The van der Waals surface area contributed by atoms with Gasteiger partial charge in [-0.3, -0.25) is 14.4 Å². The summed E-state index contributed by atoms with van der Waals surface area (Å²) in [4.78, 5) is 40.3. The lowest BCUT2D eigenvalue weighted by molar-refractivity contribution is -0.152. The molecule has 2 aromatic rings. The van der Waals surface area contributed by atoms with Gasteiger partial charge < -0.3 is 19.5 Å². The van der Waals surface area contributed by atoms with Crippen molar-refractivity contribution in [1.82, 2.24) is 5.32 Å². The van der Waals surface area contributed by atoms with Crippen molar-refractivity contribution in [3.63, 3.8) is 0 Å². The lowest BCUT2D eigenvalue weighted by Gasteiger charge is -2.37. The van der Waals surface area contributed by atoms with Gasteiger partial charge in [-0.15, -0.1) is 11.3 Å². The summed E-state index contributed by atoms with van der Waals surface area (Å²) in [5.41, 5.74) is 1.70. The molecular formula is C24H25NO6S. The van der Waals surface area contributed by atoms with Crippen LogP contribution in [0.25, 0.3) is 0 Å². The van der Waals surface area contributed by atoms with Gasteiger partial charge in [-0.05, 0) is 43.0 Å². The second kappa shape index (κ2) is 9.16. The summed E-state index contributed by atoms with van der Waals surface area (Å²) in [5, 5.41) is 4.81. The molecule has 1 aromatic heterocycles. The van der Waals surface area contributed by atoms with E-state index >= 15 is 0 Å². The molecule has 0 spiro atoms. The lowest BCUT2D eigenvalue weighted by atomic mass is 9.69. The minimum atomic E-state index is -0.957. The van der Waals surface area contributed by atoms with E-state index in [2.05, 4.69) is 5.32 Å². The Morgan fingerprint density at radius 3 is 2.62 bits per heavy atom. The molecule has 0 unspecified atom stereocenters. The van der Waals surface area contributed by atoms with Crippen LogP contribution in [-0.2, 0) is 19.1 Å². The van der Waals surface area contributed by atoms with Gasteiger partial charge in [0.1, 0.15) is 17.4 Å². The van der Waals surface area contributed by atoms with Crippen LogP contribution in [0.1, 0.15) is 42.0 Å². The molecule has 0 saturated heterocycles. The summed E-state index contributed by atoms with van der Waals surface area (Å²) >= 11 is 1.49. The second-order valence-electron chi connectivity index (χ2n) is 7.73. The third kappa shape index (κ3) is 3.90.